The van der Waals surface area contributed by atoms with Crippen molar-refractivity contribution in [1.29, 1.82) is 0 Å². The second-order valence-corrected chi connectivity index (χ2v) is 6.72. The number of nitrogens with zero attached hydrogens (tertiary/aromatic N) is 1. The van der Waals surface area contributed by atoms with Crippen LogP contribution < -0.4 is 27.7 Å². The number of hydrogen-bond donors (Lipinski definition) is 7. The predicted octanol–water partition coefficient (Wildman–Crippen LogP) is 0.0268. The van der Waals surface area contributed by atoms with E-state index in [1.807, 2.05) is 0 Å². The molecule has 1 heterocycles. The number of carbonyl (C=O) groups is 3. The van der Waals surface area contributed by atoms with Crippen molar-refractivity contribution in [3.8, 4) is 0 Å². The van der Waals surface area contributed by atoms with Gasteiger partial charge in [-0.3, -0.25) is 19.4 Å². The third-order valence-corrected chi connectivity index (χ3v) is 4.40. The van der Waals surface area contributed by atoms with Gasteiger partial charge in [-0.25, -0.2) is 4.79 Å². The summed E-state index contributed by atoms with van der Waals surface area (Å²) in [6.45, 7) is 0.519. The van der Waals surface area contributed by atoms with Crippen LogP contribution in [0.4, 0.5) is 17.5 Å². The van der Waals surface area contributed by atoms with Gasteiger partial charge >= 0.3 is 11.9 Å². The van der Waals surface area contributed by atoms with E-state index in [1.54, 1.807) is 12.1 Å². The first-order valence-corrected chi connectivity index (χ1v) is 9.41. The third kappa shape index (κ3) is 7.03. The fourth-order valence-corrected chi connectivity index (χ4v) is 2.78. The predicted molar refractivity (Wildman–Crippen MR) is 113 cm³/mol. The molecule has 0 aliphatic rings. The van der Waals surface area contributed by atoms with Gasteiger partial charge < -0.3 is 32.3 Å². The van der Waals surface area contributed by atoms with Gasteiger partial charge in [-0.15, -0.1) is 0 Å². The van der Waals surface area contributed by atoms with Gasteiger partial charge in [0, 0.05) is 24.2 Å². The Morgan fingerprint density at radius 2 is 1.81 bits per heavy atom. The standard InChI is InChI=1S/C19H24N6O6/c20-15-12(17(29)25-19(21)24-15)2-1-9-22-11-5-3-10(4-6-11)16(28)23-13(18(30)31)7-8-14(26)27/h3-6,13,22H,1-2,7-9H2,(H,23,28)(H,26,27)(H,30,31)(H5,20,21,24,25,29)/t13-/m0/s1. The van der Waals surface area contributed by atoms with Gasteiger partial charge in [0.05, 0.1) is 5.56 Å². The lowest BCUT2D eigenvalue weighted by Gasteiger charge is -2.14. The highest BCUT2D eigenvalue weighted by Gasteiger charge is 2.21. The molecule has 166 valence electrons. The lowest BCUT2D eigenvalue weighted by molar-refractivity contribution is -0.140. The Balaban J connectivity index is 1.86. The van der Waals surface area contributed by atoms with E-state index >= 15 is 0 Å². The molecule has 1 aromatic carbocycles. The number of carboxylic acids is 2. The van der Waals surface area contributed by atoms with Crippen molar-refractivity contribution >= 4 is 35.3 Å². The quantitative estimate of drug-likeness (QED) is 0.236. The summed E-state index contributed by atoms with van der Waals surface area (Å²) in [5.74, 6) is -3.00. The van der Waals surface area contributed by atoms with Crippen molar-refractivity contribution in [2.24, 2.45) is 0 Å². The third-order valence-electron chi connectivity index (χ3n) is 4.40. The molecule has 12 heteroatoms. The molecule has 2 rings (SSSR count). The minimum atomic E-state index is -1.30. The van der Waals surface area contributed by atoms with Crippen LogP contribution >= 0.6 is 0 Å². The average Bonchev–Trinajstić information content (AvgIpc) is 2.69. The van der Waals surface area contributed by atoms with Gasteiger partial charge in [-0.1, -0.05) is 0 Å². The van der Waals surface area contributed by atoms with E-state index in [4.69, 9.17) is 21.7 Å². The summed E-state index contributed by atoms with van der Waals surface area (Å²) in [6.07, 6.45) is 0.400. The Hall–Kier alpha value is -4.09. The van der Waals surface area contributed by atoms with Crippen LogP contribution in [0.25, 0.3) is 0 Å². The molecule has 0 saturated heterocycles. The van der Waals surface area contributed by atoms with Crippen LogP contribution in [0.2, 0.25) is 0 Å². The Morgan fingerprint density at radius 3 is 2.39 bits per heavy atom. The molecule has 9 N–H and O–H groups in total. The fourth-order valence-electron chi connectivity index (χ4n) is 2.78. The molecule has 0 bridgehead atoms. The van der Waals surface area contributed by atoms with E-state index in [1.165, 1.54) is 12.1 Å². The zero-order valence-electron chi connectivity index (χ0n) is 16.6. The highest BCUT2D eigenvalue weighted by Crippen LogP contribution is 2.12. The second-order valence-electron chi connectivity index (χ2n) is 6.72. The molecule has 0 radical (unpaired) electrons. The number of aromatic amines is 1. The number of nitrogen functional groups attached to an aromatic ring is 2. The largest absolute Gasteiger partial charge is 0.481 e. The van der Waals surface area contributed by atoms with Gasteiger partial charge in [0.15, 0.2) is 0 Å². The first-order chi connectivity index (χ1) is 14.7. The highest BCUT2D eigenvalue weighted by molar-refractivity contribution is 5.96. The van der Waals surface area contributed by atoms with E-state index in [0.717, 1.165) is 5.69 Å². The molecule has 12 nitrogen and oxygen atoms in total. The van der Waals surface area contributed by atoms with E-state index < -0.39 is 23.9 Å². The normalized spacial score (nSPS) is 11.5. The molecule has 31 heavy (non-hydrogen) atoms. The highest BCUT2D eigenvalue weighted by atomic mass is 16.4. The summed E-state index contributed by atoms with van der Waals surface area (Å²) in [4.78, 5) is 52.1. The van der Waals surface area contributed by atoms with Crippen LogP contribution in [-0.2, 0) is 16.0 Å². The lowest BCUT2D eigenvalue weighted by atomic mass is 10.1. The van der Waals surface area contributed by atoms with Crippen molar-refractivity contribution in [3.05, 3.63) is 45.7 Å². The molecule has 1 aromatic heterocycles. The Morgan fingerprint density at radius 1 is 1.13 bits per heavy atom. The molecule has 2 aromatic rings. The number of carboxylic acid groups (broad SMARTS) is 2. The average molecular weight is 432 g/mol. The number of hydrogen-bond acceptors (Lipinski definition) is 8. The summed E-state index contributed by atoms with van der Waals surface area (Å²) in [5.41, 5.74) is 12.1. The topological polar surface area (TPSA) is 214 Å². The first-order valence-electron chi connectivity index (χ1n) is 9.41. The number of rotatable bonds is 11. The summed E-state index contributed by atoms with van der Waals surface area (Å²) in [7, 11) is 0. The van der Waals surface area contributed by atoms with Crippen molar-refractivity contribution in [1.82, 2.24) is 15.3 Å². The molecule has 0 saturated carbocycles. The molecule has 0 spiro atoms. The minimum absolute atomic E-state index is 0.0370. The maximum Gasteiger partial charge on any atom is 0.326 e. The maximum atomic E-state index is 12.2. The molecule has 0 aliphatic carbocycles. The smallest absolute Gasteiger partial charge is 0.326 e. The van der Waals surface area contributed by atoms with E-state index in [2.05, 4.69) is 20.6 Å². The van der Waals surface area contributed by atoms with E-state index in [-0.39, 0.29) is 35.7 Å². The van der Waals surface area contributed by atoms with E-state index in [9.17, 15) is 19.2 Å². The summed E-state index contributed by atoms with van der Waals surface area (Å²) < 4.78 is 0. The number of nitrogens with one attached hydrogen (secondary N) is 3. The van der Waals surface area contributed by atoms with Crippen LogP contribution in [-0.4, -0.2) is 50.6 Å². The van der Waals surface area contributed by atoms with Gasteiger partial charge in [0.2, 0.25) is 5.95 Å². The fraction of sp³-hybridized carbons (Fsp3) is 0.316. The number of benzene rings is 1. The van der Waals surface area contributed by atoms with Crippen LogP contribution in [0.5, 0.6) is 0 Å². The van der Waals surface area contributed by atoms with Crippen LogP contribution in [0, 0.1) is 0 Å². The number of nitrogens with two attached hydrogens (primary N) is 2. The second kappa shape index (κ2) is 10.6. The SMILES string of the molecule is Nc1nc(N)c(CCCNc2ccc(C(=O)N[C@@H](CCC(=O)O)C(=O)O)cc2)c(=O)[nH]1. The molecule has 0 unspecified atom stereocenters. The van der Waals surface area contributed by atoms with Crippen LogP contribution in [0.3, 0.4) is 0 Å². The van der Waals surface area contributed by atoms with Crippen LogP contribution in [0.1, 0.15) is 35.2 Å². The zero-order chi connectivity index (χ0) is 23.0. The molecule has 1 amide bonds. The Kier molecular flexibility index (Phi) is 7.94. The van der Waals surface area contributed by atoms with Crippen molar-refractivity contribution < 1.29 is 24.6 Å². The van der Waals surface area contributed by atoms with Gasteiger partial charge in [0.1, 0.15) is 11.9 Å². The number of aromatic nitrogens is 2. The Labute approximate surface area is 176 Å². The number of amides is 1. The molecule has 0 aliphatic heterocycles. The maximum absolute atomic E-state index is 12.2. The summed E-state index contributed by atoms with van der Waals surface area (Å²) in [5, 5.41) is 23.2. The van der Waals surface area contributed by atoms with E-state index in [0.29, 0.717) is 24.9 Å². The van der Waals surface area contributed by atoms with Crippen molar-refractivity contribution in [2.75, 3.05) is 23.3 Å². The van der Waals surface area contributed by atoms with Gasteiger partial charge in [-0.2, -0.15) is 4.98 Å². The molecular formula is C19H24N6O6. The summed E-state index contributed by atoms with van der Waals surface area (Å²) >= 11 is 0. The molecule has 0 fully saturated rings. The number of carbonyl (C=O) groups excluding carboxylic acids is 1. The lowest BCUT2D eigenvalue weighted by Crippen LogP contribution is -2.41. The summed E-state index contributed by atoms with van der Waals surface area (Å²) in [6, 6.07) is 5.03. The number of anilines is 3. The van der Waals surface area contributed by atoms with Gasteiger partial charge in [-0.05, 0) is 43.5 Å². The number of H-pyrrole nitrogens is 1. The molecule has 1 atom stereocenters. The minimum Gasteiger partial charge on any atom is -0.481 e. The monoisotopic (exact) mass is 432 g/mol. The number of aliphatic carboxylic acids is 2. The van der Waals surface area contributed by atoms with Gasteiger partial charge in [0.25, 0.3) is 11.5 Å². The zero-order valence-corrected chi connectivity index (χ0v) is 16.6. The molecular weight excluding hydrogens is 408 g/mol. The Bertz CT molecular complexity index is 1000. The van der Waals surface area contributed by atoms with Crippen molar-refractivity contribution in [3.63, 3.8) is 0 Å². The van der Waals surface area contributed by atoms with Crippen LogP contribution in [0.15, 0.2) is 29.1 Å². The van der Waals surface area contributed by atoms with Crippen molar-refractivity contribution in [2.45, 2.75) is 31.7 Å². The first kappa shape index (κ1) is 23.2.